The molecule has 0 aliphatic heterocycles. The zero-order valence-corrected chi connectivity index (χ0v) is 8.93. The third kappa shape index (κ3) is 1.82. The Kier molecular flexibility index (Phi) is 3.31. The number of oxime groups is 1. The summed E-state index contributed by atoms with van der Waals surface area (Å²) in [7, 11) is 1.21. The van der Waals surface area contributed by atoms with Crippen molar-refractivity contribution in [2.75, 3.05) is 0 Å². The number of phenolic OH excluding ortho intramolecular Hbond substituents is 2. The third-order valence-electron chi connectivity index (χ3n) is 1.85. The van der Waals surface area contributed by atoms with Crippen molar-refractivity contribution in [1.29, 1.82) is 0 Å². The molecule has 0 spiro atoms. The fraction of sp³-hybridized carbons (Fsp3) is 0. The molecule has 0 aliphatic carbocycles. The number of aromatic hydroxyl groups is 2. The van der Waals surface area contributed by atoms with E-state index in [9.17, 15) is 14.6 Å². The monoisotopic (exact) mass is 251 g/mol. The van der Waals surface area contributed by atoms with E-state index in [1.807, 2.05) is 0 Å². The van der Waals surface area contributed by atoms with Gasteiger partial charge in [0.05, 0.1) is 10.6 Å². The first-order valence-corrected chi connectivity index (χ1v) is 4.44. The van der Waals surface area contributed by atoms with E-state index in [2.05, 4.69) is 5.16 Å². The second kappa shape index (κ2) is 4.16. The molecule has 0 saturated heterocycles. The van der Waals surface area contributed by atoms with Crippen LogP contribution in [0.3, 0.4) is 0 Å². The van der Waals surface area contributed by atoms with Crippen LogP contribution in [0.15, 0.2) is 5.16 Å². The average molecular weight is 252 g/mol. The molecule has 1 rings (SSSR count). The first-order chi connectivity index (χ1) is 6.91. The molecule has 0 atom stereocenters. The second-order valence-electron chi connectivity index (χ2n) is 2.72. The SMILES string of the molecule is Bc1c(O)c(O)c(Cl)c(/C(Cl)=N/O)c1F. The Morgan fingerprint density at radius 1 is 1.33 bits per heavy atom. The Morgan fingerprint density at radius 2 is 1.87 bits per heavy atom. The van der Waals surface area contributed by atoms with E-state index < -0.39 is 33.1 Å². The number of benzene rings is 1. The van der Waals surface area contributed by atoms with Crippen LogP contribution in [-0.4, -0.2) is 28.4 Å². The van der Waals surface area contributed by atoms with Gasteiger partial charge in [-0.2, -0.15) is 0 Å². The Balaban J connectivity index is 3.67. The molecule has 8 heteroatoms. The van der Waals surface area contributed by atoms with Crippen molar-refractivity contribution in [3.63, 3.8) is 0 Å². The highest BCUT2D eigenvalue weighted by atomic mass is 35.5. The van der Waals surface area contributed by atoms with Gasteiger partial charge in [0.15, 0.2) is 16.7 Å². The van der Waals surface area contributed by atoms with Crippen molar-refractivity contribution in [2.24, 2.45) is 5.16 Å². The van der Waals surface area contributed by atoms with Crippen LogP contribution in [0.25, 0.3) is 0 Å². The van der Waals surface area contributed by atoms with Gasteiger partial charge in [0.1, 0.15) is 13.7 Å². The van der Waals surface area contributed by atoms with E-state index in [4.69, 9.17) is 28.4 Å². The summed E-state index contributed by atoms with van der Waals surface area (Å²) in [5.74, 6) is -2.35. The molecule has 0 radical (unpaired) electrons. The van der Waals surface area contributed by atoms with Gasteiger partial charge in [-0.25, -0.2) is 4.39 Å². The summed E-state index contributed by atoms with van der Waals surface area (Å²) in [6.07, 6.45) is 0. The van der Waals surface area contributed by atoms with Crippen molar-refractivity contribution >= 4 is 41.7 Å². The summed E-state index contributed by atoms with van der Waals surface area (Å²) < 4.78 is 13.5. The van der Waals surface area contributed by atoms with Gasteiger partial charge >= 0.3 is 0 Å². The molecule has 1 aromatic rings. The second-order valence-corrected chi connectivity index (χ2v) is 3.45. The molecule has 0 amide bonds. The van der Waals surface area contributed by atoms with E-state index in [0.717, 1.165) is 0 Å². The van der Waals surface area contributed by atoms with Gasteiger partial charge in [-0.1, -0.05) is 28.4 Å². The zero-order valence-electron chi connectivity index (χ0n) is 7.42. The molecule has 0 aromatic heterocycles. The van der Waals surface area contributed by atoms with Crippen LogP contribution in [0, 0.1) is 5.82 Å². The maximum atomic E-state index is 13.5. The van der Waals surface area contributed by atoms with Crippen molar-refractivity contribution < 1.29 is 19.8 Å². The van der Waals surface area contributed by atoms with E-state index in [-0.39, 0.29) is 5.46 Å². The van der Waals surface area contributed by atoms with Crippen LogP contribution in [-0.2, 0) is 0 Å². The molecule has 0 heterocycles. The summed E-state index contributed by atoms with van der Waals surface area (Å²) in [4.78, 5) is 0. The lowest BCUT2D eigenvalue weighted by Crippen LogP contribution is -2.15. The predicted octanol–water partition coefficient (Wildman–Crippen LogP) is 0.523. The Labute approximate surface area is 95.0 Å². The number of halogens is 3. The van der Waals surface area contributed by atoms with Crippen molar-refractivity contribution in [2.45, 2.75) is 0 Å². The van der Waals surface area contributed by atoms with Gasteiger partial charge in [-0.15, -0.1) is 0 Å². The zero-order chi connectivity index (χ0) is 11.7. The minimum atomic E-state index is -0.960. The standard InChI is InChI=1S/C7H5BCl2FNO3/c8-2-4(11)1(7(10)12-15)3(9)6(14)5(2)13/h13-15H,8H2/b12-7-. The van der Waals surface area contributed by atoms with Crippen LogP contribution in [0.4, 0.5) is 4.39 Å². The van der Waals surface area contributed by atoms with E-state index in [1.54, 1.807) is 0 Å². The maximum absolute atomic E-state index is 13.5. The van der Waals surface area contributed by atoms with Crippen LogP contribution >= 0.6 is 23.2 Å². The lowest BCUT2D eigenvalue weighted by atomic mass is 9.91. The molecule has 0 fully saturated rings. The quantitative estimate of drug-likeness (QED) is 0.224. The van der Waals surface area contributed by atoms with Gasteiger partial charge in [0.25, 0.3) is 0 Å². The van der Waals surface area contributed by atoms with Gasteiger partial charge in [0, 0.05) is 0 Å². The molecule has 0 saturated carbocycles. The molecule has 1 aromatic carbocycles. The average Bonchev–Trinajstić information content (AvgIpc) is 2.23. The van der Waals surface area contributed by atoms with Crippen LogP contribution < -0.4 is 5.46 Å². The molecule has 15 heavy (non-hydrogen) atoms. The minimum Gasteiger partial charge on any atom is -0.505 e. The first kappa shape index (κ1) is 11.9. The Morgan fingerprint density at radius 3 is 2.33 bits per heavy atom. The number of hydrogen-bond acceptors (Lipinski definition) is 4. The van der Waals surface area contributed by atoms with E-state index in [1.165, 1.54) is 7.85 Å². The number of rotatable bonds is 1. The number of hydrogen-bond donors (Lipinski definition) is 3. The molecule has 4 nitrogen and oxygen atoms in total. The Bertz CT molecular complexity index is 423. The predicted molar refractivity (Wildman–Crippen MR) is 57.1 cm³/mol. The van der Waals surface area contributed by atoms with E-state index >= 15 is 0 Å². The molecular formula is C7H5BCl2FNO3. The largest absolute Gasteiger partial charge is 0.505 e. The van der Waals surface area contributed by atoms with Gasteiger partial charge in [-0.05, 0) is 5.46 Å². The van der Waals surface area contributed by atoms with E-state index in [0.29, 0.717) is 0 Å². The maximum Gasteiger partial charge on any atom is 0.179 e. The van der Waals surface area contributed by atoms with Crippen LogP contribution in [0.2, 0.25) is 5.02 Å². The highest BCUT2D eigenvalue weighted by molar-refractivity contribution is 6.70. The van der Waals surface area contributed by atoms with Gasteiger partial charge in [0.2, 0.25) is 0 Å². The molecule has 3 N–H and O–H groups in total. The van der Waals surface area contributed by atoms with Crippen molar-refractivity contribution in [3.05, 3.63) is 16.4 Å². The normalized spacial score (nSPS) is 11.8. The summed E-state index contributed by atoms with van der Waals surface area (Å²) in [6.45, 7) is 0. The molecule has 0 aliphatic rings. The van der Waals surface area contributed by atoms with Crippen molar-refractivity contribution in [1.82, 2.24) is 0 Å². The first-order valence-electron chi connectivity index (χ1n) is 3.69. The van der Waals surface area contributed by atoms with Crippen molar-refractivity contribution in [3.8, 4) is 11.5 Å². The topological polar surface area (TPSA) is 73.0 Å². The Hall–Kier alpha value is -1.14. The molecular weight excluding hydrogens is 247 g/mol. The van der Waals surface area contributed by atoms with Gasteiger partial charge < -0.3 is 15.4 Å². The molecule has 0 bridgehead atoms. The lowest BCUT2D eigenvalue weighted by molar-refractivity contribution is 0.320. The number of nitrogens with zero attached hydrogens (tertiary/aromatic N) is 1. The highest BCUT2D eigenvalue weighted by Crippen LogP contribution is 2.36. The van der Waals surface area contributed by atoms with Crippen LogP contribution in [0.1, 0.15) is 5.56 Å². The number of phenols is 2. The summed E-state index contributed by atoms with van der Waals surface area (Å²) in [6, 6.07) is 0. The summed E-state index contributed by atoms with van der Waals surface area (Å²) in [5.41, 5.74) is -0.706. The summed E-state index contributed by atoms with van der Waals surface area (Å²) in [5, 5.41) is 28.3. The smallest absolute Gasteiger partial charge is 0.179 e. The van der Waals surface area contributed by atoms with Gasteiger partial charge in [-0.3, -0.25) is 0 Å². The van der Waals surface area contributed by atoms with Crippen LogP contribution in [0.5, 0.6) is 11.5 Å². The lowest BCUT2D eigenvalue weighted by Gasteiger charge is -2.10. The molecule has 0 unspecified atom stereocenters. The third-order valence-corrected chi connectivity index (χ3v) is 2.48. The molecule has 80 valence electrons. The fourth-order valence-corrected chi connectivity index (χ4v) is 1.51. The minimum absolute atomic E-state index is 0.242. The fourth-order valence-electron chi connectivity index (χ4n) is 1.02. The summed E-state index contributed by atoms with van der Waals surface area (Å²) >= 11 is 10.9. The highest BCUT2D eigenvalue weighted by Gasteiger charge is 2.23.